The first kappa shape index (κ1) is 15.9. The summed E-state index contributed by atoms with van der Waals surface area (Å²) in [4.78, 5) is 0. The topological polar surface area (TPSA) is 44.5 Å². The Morgan fingerprint density at radius 2 is 2.21 bits per heavy atom. The monoisotopic (exact) mass is 283 g/mol. The van der Waals surface area contributed by atoms with E-state index >= 15 is 0 Å². The van der Waals surface area contributed by atoms with Crippen molar-refractivity contribution in [3.63, 3.8) is 0 Å². The maximum atomic E-state index is 6.24. The van der Waals surface area contributed by atoms with Gasteiger partial charge in [0.2, 0.25) is 0 Å². The molecule has 0 bridgehead atoms. The first-order chi connectivity index (χ1) is 9.08. The van der Waals surface area contributed by atoms with E-state index < -0.39 is 0 Å². The van der Waals surface area contributed by atoms with Crippen LogP contribution in [0.25, 0.3) is 0 Å². The molecule has 1 atom stereocenters. The van der Waals surface area contributed by atoms with Crippen molar-refractivity contribution in [2.24, 2.45) is 5.73 Å². The molecule has 0 saturated heterocycles. The van der Waals surface area contributed by atoms with Crippen LogP contribution in [0.5, 0.6) is 11.5 Å². The van der Waals surface area contributed by atoms with Crippen LogP contribution in [0.1, 0.15) is 25.3 Å². The van der Waals surface area contributed by atoms with Crippen molar-refractivity contribution in [1.82, 2.24) is 0 Å². The minimum absolute atomic E-state index is 0.0835. The third-order valence-corrected chi connectivity index (χ3v) is 2.93. The summed E-state index contributed by atoms with van der Waals surface area (Å²) in [5, 5.41) is 0.564. The molecule has 0 aliphatic carbocycles. The SMILES string of the molecule is C=CCCCOc1c(Cl)cc(CC(C)N)cc1OC. The molecule has 106 valence electrons. The van der Waals surface area contributed by atoms with Gasteiger partial charge in [-0.05, 0) is 43.9 Å². The van der Waals surface area contributed by atoms with Crippen LogP contribution in [0.3, 0.4) is 0 Å². The van der Waals surface area contributed by atoms with E-state index in [-0.39, 0.29) is 6.04 Å². The van der Waals surface area contributed by atoms with Crippen LogP contribution in [-0.4, -0.2) is 19.8 Å². The normalized spacial score (nSPS) is 12.0. The number of allylic oxidation sites excluding steroid dienone is 1. The molecule has 0 aromatic heterocycles. The summed E-state index contributed by atoms with van der Waals surface area (Å²) in [5.41, 5.74) is 6.84. The fourth-order valence-electron chi connectivity index (χ4n) is 1.80. The van der Waals surface area contributed by atoms with Crippen molar-refractivity contribution in [3.8, 4) is 11.5 Å². The lowest BCUT2D eigenvalue weighted by atomic mass is 10.1. The Kier molecular flexibility index (Phi) is 6.74. The zero-order valence-electron chi connectivity index (χ0n) is 11.6. The third-order valence-electron chi connectivity index (χ3n) is 2.65. The summed E-state index contributed by atoms with van der Waals surface area (Å²) in [6.45, 7) is 6.23. The fraction of sp³-hybridized carbons (Fsp3) is 0.467. The highest BCUT2D eigenvalue weighted by Crippen LogP contribution is 2.36. The van der Waals surface area contributed by atoms with E-state index in [0.29, 0.717) is 23.1 Å². The van der Waals surface area contributed by atoms with E-state index in [9.17, 15) is 0 Å². The van der Waals surface area contributed by atoms with Crippen LogP contribution >= 0.6 is 11.6 Å². The predicted octanol–water partition coefficient (Wildman–Crippen LogP) is 3.58. The molecule has 1 rings (SSSR count). The van der Waals surface area contributed by atoms with Gasteiger partial charge in [0.25, 0.3) is 0 Å². The molecule has 19 heavy (non-hydrogen) atoms. The second-order valence-electron chi connectivity index (χ2n) is 4.57. The average molecular weight is 284 g/mol. The highest BCUT2D eigenvalue weighted by molar-refractivity contribution is 6.32. The molecule has 0 heterocycles. The van der Waals surface area contributed by atoms with Crippen LogP contribution in [-0.2, 0) is 6.42 Å². The summed E-state index contributed by atoms with van der Waals surface area (Å²) in [6, 6.07) is 3.90. The quantitative estimate of drug-likeness (QED) is 0.586. The Balaban J connectivity index is 2.82. The van der Waals surface area contributed by atoms with Crippen molar-refractivity contribution in [2.45, 2.75) is 32.2 Å². The zero-order chi connectivity index (χ0) is 14.3. The Morgan fingerprint density at radius 1 is 1.47 bits per heavy atom. The molecule has 0 saturated carbocycles. The molecule has 1 aromatic rings. The Labute approximate surface area is 120 Å². The zero-order valence-corrected chi connectivity index (χ0v) is 12.4. The molecule has 1 unspecified atom stereocenters. The molecule has 0 amide bonds. The maximum absolute atomic E-state index is 6.24. The van der Waals surface area contributed by atoms with Crippen molar-refractivity contribution in [3.05, 3.63) is 35.4 Å². The summed E-state index contributed by atoms with van der Waals surface area (Å²) in [5.74, 6) is 1.25. The summed E-state index contributed by atoms with van der Waals surface area (Å²) >= 11 is 6.24. The van der Waals surface area contributed by atoms with Gasteiger partial charge >= 0.3 is 0 Å². The van der Waals surface area contributed by atoms with E-state index in [1.165, 1.54) is 0 Å². The Hall–Kier alpha value is -1.19. The lowest BCUT2D eigenvalue weighted by Gasteiger charge is -2.14. The van der Waals surface area contributed by atoms with Gasteiger partial charge in [0.05, 0.1) is 18.7 Å². The number of halogens is 1. The molecule has 0 fully saturated rings. The lowest BCUT2D eigenvalue weighted by molar-refractivity contribution is 0.290. The van der Waals surface area contributed by atoms with E-state index in [2.05, 4.69) is 6.58 Å². The predicted molar refractivity (Wildman–Crippen MR) is 80.3 cm³/mol. The van der Waals surface area contributed by atoms with Gasteiger partial charge < -0.3 is 15.2 Å². The van der Waals surface area contributed by atoms with Gasteiger partial charge in [-0.25, -0.2) is 0 Å². The van der Waals surface area contributed by atoms with Gasteiger partial charge in [0.1, 0.15) is 0 Å². The van der Waals surface area contributed by atoms with E-state index in [0.717, 1.165) is 24.8 Å². The van der Waals surface area contributed by atoms with Crippen LogP contribution in [0.4, 0.5) is 0 Å². The highest BCUT2D eigenvalue weighted by atomic mass is 35.5. The Morgan fingerprint density at radius 3 is 2.79 bits per heavy atom. The van der Waals surface area contributed by atoms with Gasteiger partial charge in [-0.1, -0.05) is 17.7 Å². The standard InChI is InChI=1S/C15H22ClNO2/c1-4-5-6-7-19-15-13(16)9-12(8-11(2)17)10-14(15)18-3/h4,9-11H,1,5-8,17H2,2-3H3. The molecular weight excluding hydrogens is 262 g/mol. The number of rotatable bonds is 8. The largest absolute Gasteiger partial charge is 0.493 e. The smallest absolute Gasteiger partial charge is 0.179 e. The van der Waals surface area contributed by atoms with Crippen molar-refractivity contribution >= 4 is 11.6 Å². The molecule has 2 N–H and O–H groups in total. The van der Waals surface area contributed by atoms with Crippen LogP contribution < -0.4 is 15.2 Å². The number of benzene rings is 1. The third kappa shape index (κ3) is 5.13. The van der Waals surface area contributed by atoms with Gasteiger partial charge in [-0.3, -0.25) is 0 Å². The number of unbranched alkanes of at least 4 members (excludes halogenated alkanes) is 1. The van der Waals surface area contributed by atoms with Gasteiger partial charge in [-0.15, -0.1) is 6.58 Å². The summed E-state index contributed by atoms with van der Waals surface area (Å²) < 4.78 is 11.0. The van der Waals surface area contributed by atoms with Crippen LogP contribution in [0, 0.1) is 0 Å². The number of ether oxygens (including phenoxy) is 2. The van der Waals surface area contributed by atoms with Gasteiger partial charge in [0.15, 0.2) is 11.5 Å². The average Bonchev–Trinajstić information content (AvgIpc) is 2.35. The van der Waals surface area contributed by atoms with Gasteiger partial charge in [-0.2, -0.15) is 0 Å². The first-order valence-electron chi connectivity index (χ1n) is 6.44. The Bertz CT molecular complexity index is 419. The summed E-state index contributed by atoms with van der Waals surface area (Å²) in [7, 11) is 1.61. The second kappa shape index (κ2) is 8.08. The number of nitrogens with two attached hydrogens (primary N) is 1. The lowest BCUT2D eigenvalue weighted by Crippen LogP contribution is -2.17. The van der Waals surface area contributed by atoms with E-state index in [4.69, 9.17) is 26.8 Å². The highest BCUT2D eigenvalue weighted by Gasteiger charge is 2.12. The molecular formula is C15H22ClNO2. The molecule has 4 heteroatoms. The maximum Gasteiger partial charge on any atom is 0.179 e. The number of hydrogen-bond acceptors (Lipinski definition) is 3. The van der Waals surface area contributed by atoms with Crippen molar-refractivity contribution < 1.29 is 9.47 Å². The van der Waals surface area contributed by atoms with Crippen LogP contribution in [0.2, 0.25) is 5.02 Å². The second-order valence-corrected chi connectivity index (χ2v) is 4.98. The molecule has 3 nitrogen and oxygen atoms in total. The summed E-state index contributed by atoms with van der Waals surface area (Å²) in [6.07, 6.45) is 4.45. The fourth-order valence-corrected chi connectivity index (χ4v) is 2.09. The van der Waals surface area contributed by atoms with E-state index in [1.807, 2.05) is 25.1 Å². The molecule has 0 aliphatic rings. The van der Waals surface area contributed by atoms with Crippen LogP contribution in [0.15, 0.2) is 24.8 Å². The number of hydrogen-bond donors (Lipinski definition) is 1. The number of methoxy groups -OCH3 is 1. The molecule has 0 aliphatic heterocycles. The minimum atomic E-state index is 0.0835. The van der Waals surface area contributed by atoms with Crippen molar-refractivity contribution in [2.75, 3.05) is 13.7 Å². The first-order valence-corrected chi connectivity index (χ1v) is 6.82. The van der Waals surface area contributed by atoms with Crippen molar-refractivity contribution in [1.29, 1.82) is 0 Å². The molecule has 1 aromatic carbocycles. The minimum Gasteiger partial charge on any atom is -0.493 e. The van der Waals surface area contributed by atoms with E-state index in [1.54, 1.807) is 7.11 Å². The van der Waals surface area contributed by atoms with Gasteiger partial charge in [0, 0.05) is 6.04 Å². The molecule has 0 radical (unpaired) electrons. The molecule has 0 spiro atoms.